The molecule has 0 aliphatic carbocycles. The van der Waals surface area contributed by atoms with E-state index in [1.54, 1.807) is 7.11 Å². The van der Waals surface area contributed by atoms with Gasteiger partial charge in [-0.15, -0.1) is 0 Å². The summed E-state index contributed by atoms with van der Waals surface area (Å²) in [6.07, 6.45) is 1.52. The van der Waals surface area contributed by atoms with Crippen LogP contribution in [0, 0.1) is 0 Å². The summed E-state index contributed by atoms with van der Waals surface area (Å²) in [5, 5.41) is 9.74. The zero-order valence-corrected chi connectivity index (χ0v) is 9.60. The van der Waals surface area contributed by atoms with E-state index in [9.17, 15) is 0 Å². The molecule has 2 aromatic rings. The largest absolute Gasteiger partial charge is 0.497 e. The van der Waals surface area contributed by atoms with E-state index < -0.39 is 0 Å². The Morgan fingerprint density at radius 1 is 1.53 bits per heavy atom. The number of benzene rings is 1. The third kappa shape index (κ3) is 2.84. The molecule has 0 amide bonds. The van der Waals surface area contributed by atoms with Gasteiger partial charge in [0.2, 0.25) is 0 Å². The van der Waals surface area contributed by atoms with Crippen molar-refractivity contribution in [3.8, 4) is 5.75 Å². The van der Waals surface area contributed by atoms with Crippen molar-refractivity contribution >= 4 is 5.70 Å². The highest BCUT2D eigenvalue weighted by molar-refractivity contribution is 5.54. The van der Waals surface area contributed by atoms with Crippen LogP contribution in [0.5, 0.6) is 5.75 Å². The number of nitrogens with zero attached hydrogens (tertiary/aromatic N) is 2. The van der Waals surface area contributed by atoms with Crippen molar-refractivity contribution in [1.82, 2.24) is 20.5 Å². The normalized spacial score (nSPS) is 9.94. The Morgan fingerprint density at radius 3 is 3.12 bits per heavy atom. The summed E-state index contributed by atoms with van der Waals surface area (Å²) < 4.78 is 5.15. The Bertz CT molecular complexity index is 493. The van der Waals surface area contributed by atoms with E-state index >= 15 is 0 Å². The molecular formula is C12H14N4O. The SMILES string of the molecule is C=C(NCc1cccc(OC)c1)c1nc[nH]n1. The van der Waals surface area contributed by atoms with Crippen LogP contribution in [0.3, 0.4) is 0 Å². The summed E-state index contributed by atoms with van der Waals surface area (Å²) in [5.74, 6) is 1.42. The lowest BCUT2D eigenvalue weighted by Crippen LogP contribution is -2.11. The Balaban J connectivity index is 1.95. The monoisotopic (exact) mass is 230 g/mol. The van der Waals surface area contributed by atoms with Crippen LogP contribution in [0.25, 0.3) is 5.70 Å². The number of hydrogen-bond acceptors (Lipinski definition) is 4. The van der Waals surface area contributed by atoms with Gasteiger partial charge >= 0.3 is 0 Å². The van der Waals surface area contributed by atoms with E-state index in [0.717, 1.165) is 11.3 Å². The van der Waals surface area contributed by atoms with Crippen LogP contribution in [0.1, 0.15) is 11.4 Å². The number of aromatic amines is 1. The molecule has 2 N–H and O–H groups in total. The Hall–Kier alpha value is -2.30. The highest BCUT2D eigenvalue weighted by Gasteiger charge is 2.02. The molecule has 0 unspecified atom stereocenters. The summed E-state index contributed by atoms with van der Waals surface area (Å²) in [7, 11) is 1.65. The topological polar surface area (TPSA) is 62.8 Å². The molecule has 1 heterocycles. The molecule has 1 aromatic carbocycles. The van der Waals surface area contributed by atoms with E-state index in [-0.39, 0.29) is 0 Å². The van der Waals surface area contributed by atoms with Gasteiger partial charge < -0.3 is 10.1 Å². The molecule has 0 saturated heterocycles. The van der Waals surface area contributed by atoms with Gasteiger partial charge in [0, 0.05) is 6.54 Å². The summed E-state index contributed by atoms with van der Waals surface area (Å²) in [6.45, 7) is 4.52. The molecule has 88 valence electrons. The highest BCUT2D eigenvalue weighted by atomic mass is 16.5. The fraction of sp³-hybridized carbons (Fsp3) is 0.167. The molecule has 0 radical (unpaired) electrons. The van der Waals surface area contributed by atoms with E-state index in [1.807, 2.05) is 24.3 Å². The maximum Gasteiger partial charge on any atom is 0.196 e. The maximum absolute atomic E-state index is 5.15. The van der Waals surface area contributed by atoms with Crippen LogP contribution >= 0.6 is 0 Å². The summed E-state index contributed by atoms with van der Waals surface area (Å²) in [4.78, 5) is 4.01. The second-order valence-corrected chi connectivity index (χ2v) is 3.51. The molecule has 2 rings (SSSR count). The molecule has 0 spiro atoms. The molecule has 5 heteroatoms. The zero-order chi connectivity index (χ0) is 12.1. The van der Waals surface area contributed by atoms with Crippen molar-refractivity contribution in [2.45, 2.75) is 6.54 Å². The molecule has 0 fully saturated rings. The standard InChI is InChI=1S/C12H14N4O/c1-9(12-14-8-15-16-12)13-7-10-4-3-5-11(6-10)17-2/h3-6,8,13H,1,7H2,2H3,(H,14,15,16). The van der Waals surface area contributed by atoms with Crippen molar-refractivity contribution in [3.05, 3.63) is 48.6 Å². The first-order valence-electron chi connectivity index (χ1n) is 5.21. The van der Waals surface area contributed by atoms with Gasteiger partial charge in [0.1, 0.15) is 12.1 Å². The Morgan fingerprint density at radius 2 is 2.41 bits per heavy atom. The van der Waals surface area contributed by atoms with E-state index in [0.29, 0.717) is 18.1 Å². The minimum Gasteiger partial charge on any atom is -0.497 e. The second-order valence-electron chi connectivity index (χ2n) is 3.51. The third-order valence-electron chi connectivity index (χ3n) is 2.32. The molecule has 0 bridgehead atoms. The number of methoxy groups -OCH3 is 1. The van der Waals surface area contributed by atoms with Gasteiger partial charge in [-0.1, -0.05) is 18.7 Å². The van der Waals surface area contributed by atoms with E-state index in [1.165, 1.54) is 6.33 Å². The first-order valence-corrected chi connectivity index (χ1v) is 5.21. The summed E-state index contributed by atoms with van der Waals surface area (Å²) in [5.41, 5.74) is 1.80. The number of ether oxygens (including phenoxy) is 1. The lowest BCUT2D eigenvalue weighted by Gasteiger charge is -2.07. The highest BCUT2D eigenvalue weighted by Crippen LogP contribution is 2.13. The van der Waals surface area contributed by atoms with Gasteiger partial charge in [-0.2, -0.15) is 5.10 Å². The smallest absolute Gasteiger partial charge is 0.196 e. The molecular weight excluding hydrogens is 216 g/mol. The minimum absolute atomic E-state index is 0.577. The fourth-order valence-electron chi connectivity index (χ4n) is 1.42. The van der Waals surface area contributed by atoms with Crippen LogP contribution in [-0.2, 0) is 6.54 Å². The predicted octanol–water partition coefficient (Wildman–Crippen LogP) is 1.57. The van der Waals surface area contributed by atoms with Gasteiger partial charge in [0.05, 0.1) is 12.8 Å². The van der Waals surface area contributed by atoms with Gasteiger partial charge in [0.15, 0.2) is 5.82 Å². The lowest BCUT2D eigenvalue weighted by molar-refractivity contribution is 0.414. The van der Waals surface area contributed by atoms with Gasteiger partial charge in [-0.3, -0.25) is 5.10 Å². The van der Waals surface area contributed by atoms with Crippen LogP contribution in [0.4, 0.5) is 0 Å². The van der Waals surface area contributed by atoms with E-state index in [4.69, 9.17) is 4.74 Å². The first kappa shape index (κ1) is 11.2. The average Bonchev–Trinajstić information content (AvgIpc) is 2.90. The molecule has 5 nitrogen and oxygen atoms in total. The lowest BCUT2D eigenvalue weighted by atomic mass is 10.2. The summed E-state index contributed by atoms with van der Waals surface area (Å²) in [6, 6.07) is 7.85. The second kappa shape index (κ2) is 5.16. The molecule has 0 atom stereocenters. The first-order chi connectivity index (χ1) is 8.29. The molecule has 0 saturated carbocycles. The van der Waals surface area contributed by atoms with Crippen molar-refractivity contribution in [1.29, 1.82) is 0 Å². The van der Waals surface area contributed by atoms with Crippen LogP contribution in [0.2, 0.25) is 0 Å². The quantitative estimate of drug-likeness (QED) is 0.818. The van der Waals surface area contributed by atoms with Crippen LogP contribution in [0.15, 0.2) is 37.2 Å². The van der Waals surface area contributed by atoms with Crippen molar-refractivity contribution in [2.75, 3.05) is 7.11 Å². The molecule has 17 heavy (non-hydrogen) atoms. The molecule has 0 aliphatic heterocycles. The van der Waals surface area contributed by atoms with Gasteiger partial charge in [-0.25, -0.2) is 4.98 Å². The third-order valence-corrected chi connectivity index (χ3v) is 2.32. The predicted molar refractivity (Wildman–Crippen MR) is 65.3 cm³/mol. The number of rotatable bonds is 5. The van der Waals surface area contributed by atoms with Crippen molar-refractivity contribution in [3.63, 3.8) is 0 Å². The number of hydrogen-bond donors (Lipinski definition) is 2. The van der Waals surface area contributed by atoms with Crippen LogP contribution in [-0.4, -0.2) is 22.3 Å². The van der Waals surface area contributed by atoms with Crippen LogP contribution < -0.4 is 10.1 Å². The van der Waals surface area contributed by atoms with Crippen molar-refractivity contribution in [2.24, 2.45) is 0 Å². The van der Waals surface area contributed by atoms with Gasteiger partial charge in [0.25, 0.3) is 0 Å². The Kier molecular flexibility index (Phi) is 3.40. The van der Waals surface area contributed by atoms with E-state index in [2.05, 4.69) is 27.1 Å². The number of nitrogens with one attached hydrogen (secondary N) is 2. The number of H-pyrrole nitrogens is 1. The average molecular weight is 230 g/mol. The molecule has 0 aliphatic rings. The summed E-state index contributed by atoms with van der Waals surface area (Å²) >= 11 is 0. The number of aromatic nitrogens is 3. The van der Waals surface area contributed by atoms with Gasteiger partial charge in [-0.05, 0) is 17.7 Å². The Labute approximate surface area is 99.5 Å². The zero-order valence-electron chi connectivity index (χ0n) is 9.60. The molecule has 1 aromatic heterocycles. The fourth-order valence-corrected chi connectivity index (χ4v) is 1.42. The van der Waals surface area contributed by atoms with Crippen molar-refractivity contribution < 1.29 is 4.74 Å². The maximum atomic E-state index is 5.15. The minimum atomic E-state index is 0.577.